The predicted molar refractivity (Wildman–Crippen MR) is 118 cm³/mol. The molecular weight excluding hydrogens is 450 g/mol. The molecule has 0 saturated heterocycles. The Morgan fingerprint density at radius 2 is 2.03 bits per heavy atom. The molecule has 0 radical (unpaired) electrons. The molecule has 1 aliphatic heterocycles. The van der Waals surface area contributed by atoms with Gasteiger partial charge in [-0.1, -0.05) is 0 Å². The third kappa shape index (κ3) is 5.59. The van der Waals surface area contributed by atoms with E-state index < -0.39 is 41.9 Å². The number of nitrogen functional groups attached to an aromatic ring is 1. The number of aliphatic carboxylic acids is 2. The number of hydrogen-bond acceptors (Lipinski definition) is 10. The van der Waals surface area contributed by atoms with Crippen molar-refractivity contribution in [2.45, 2.75) is 24.9 Å². The van der Waals surface area contributed by atoms with Gasteiger partial charge in [0.15, 0.2) is 11.5 Å². The number of amides is 2. The fraction of sp³-hybridized carbons (Fsp3) is 0.300. The van der Waals surface area contributed by atoms with Crippen molar-refractivity contribution in [2.75, 3.05) is 34.4 Å². The number of aromatic nitrogens is 2. The first-order valence-corrected chi connectivity index (χ1v) is 10.1. The third-order valence-electron chi connectivity index (χ3n) is 5.11. The minimum Gasteiger partial charge on any atom is -0.550 e. The molecule has 1 aromatic heterocycles. The molecule has 14 heteroatoms. The van der Waals surface area contributed by atoms with Crippen LogP contribution in [0, 0.1) is 0 Å². The van der Waals surface area contributed by atoms with Gasteiger partial charge < -0.3 is 41.6 Å². The first-order valence-electron chi connectivity index (χ1n) is 10.1. The monoisotopic (exact) mass is 472 g/mol. The van der Waals surface area contributed by atoms with Crippen LogP contribution in [0.5, 0.6) is 0 Å². The van der Waals surface area contributed by atoms with Gasteiger partial charge in [-0.05, 0) is 37.1 Å². The summed E-state index contributed by atoms with van der Waals surface area (Å²) in [6.45, 7) is 0.558. The number of carboxylic acids is 2. The number of benzene rings is 1. The number of rotatable bonds is 10. The number of nitrogens with zero attached hydrogens (tertiary/aromatic N) is 2. The van der Waals surface area contributed by atoms with Crippen LogP contribution in [0.2, 0.25) is 0 Å². The summed E-state index contributed by atoms with van der Waals surface area (Å²) < 4.78 is 0. The Morgan fingerprint density at radius 3 is 2.65 bits per heavy atom. The molecule has 2 amide bonds. The van der Waals surface area contributed by atoms with Crippen molar-refractivity contribution >= 4 is 47.4 Å². The molecule has 0 bridgehead atoms. The van der Waals surface area contributed by atoms with Crippen molar-refractivity contribution in [2.24, 2.45) is 0 Å². The van der Waals surface area contributed by atoms with E-state index in [0.717, 1.165) is 0 Å². The molecule has 0 aliphatic carbocycles. The second-order valence-electron chi connectivity index (χ2n) is 7.43. The maximum absolute atomic E-state index is 12.3. The van der Waals surface area contributed by atoms with Gasteiger partial charge in [-0.2, -0.15) is 4.98 Å². The number of hydrogen-bond donors (Lipinski definition) is 6. The molecule has 2 heterocycles. The summed E-state index contributed by atoms with van der Waals surface area (Å²) in [6.07, 6.45) is -0.278. The van der Waals surface area contributed by atoms with Crippen LogP contribution in [0.4, 0.5) is 23.1 Å². The Balaban J connectivity index is 1.62. The molecule has 1 aromatic carbocycles. The van der Waals surface area contributed by atoms with Gasteiger partial charge in [0, 0.05) is 30.3 Å². The van der Waals surface area contributed by atoms with Gasteiger partial charge >= 0.3 is 5.97 Å². The van der Waals surface area contributed by atoms with E-state index in [1.807, 2.05) is 0 Å². The van der Waals surface area contributed by atoms with E-state index in [4.69, 9.17) is 10.8 Å². The van der Waals surface area contributed by atoms with Gasteiger partial charge in [-0.15, -0.1) is 0 Å². The molecular formula is C20H22N7O7-. The van der Waals surface area contributed by atoms with E-state index in [1.165, 1.54) is 17.0 Å². The Morgan fingerprint density at radius 1 is 1.32 bits per heavy atom. The highest BCUT2D eigenvalue weighted by molar-refractivity contribution is 5.97. The zero-order valence-corrected chi connectivity index (χ0v) is 17.7. The van der Waals surface area contributed by atoms with E-state index in [0.29, 0.717) is 18.6 Å². The van der Waals surface area contributed by atoms with Crippen LogP contribution in [0.15, 0.2) is 29.1 Å². The average Bonchev–Trinajstić information content (AvgIpc) is 2.79. The van der Waals surface area contributed by atoms with Crippen molar-refractivity contribution in [3.8, 4) is 0 Å². The summed E-state index contributed by atoms with van der Waals surface area (Å²) in [4.78, 5) is 65.6. The molecule has 34 heavy (non-hydrogen) atoms. The standard InChI is InChI=1S/C20H23N7O7/c21-20-25-16-15(18(32)26-20)27(9-28)12(8-23-16)7-22-11-3-1-10(2-4-11)17(31)24-13(19(33)34)5-6-14(29)30/h1-4,9,12-13,22H,5-8H2,(H,24,31)(H,29,30)(H,33,34)(H4,21,23,25,26,32)/p-1/t12-,13+/m1/s1. The highest BCUT2D eigenvalue weighted by Crippen LogP contribution is 2.25. The van der Waals surface area contributed by atoms with Crippen LogP contribution in [0.25, 0.3) is 0 Å². The Labute approximate surface area is 192 Å². The largest absolute Gasteiger partial charge is 0.550 e. The SMILES string of the molecule is Nc1nc2c(c(=O)[nH]1)N(C=O)[C@H](CNc1ccc(C(=O)N[C@@H](CCC(=O)[O-])C(=O)O)cc1)CN2. The molecule has 1 aliphatic rings. The molecule has 0 unspecified atom stereocenters. The number of H-pyrrole nitrogens is 1. The predicted octanol–water partition coefficient (Wildman–Crippen LogP) is -2.07. The quantitative estimate of drug-likeness (QED) is 0.206. The molecule has 0 saturated carbocycles. The highest BCUT2D eigenvalue weighted by Gasteiger charge is 2.29. The molecule has 7 N–H and O–H groups in total. The maximum Gasteiger partial charge on any atom is 0.326 e. The van der Waals surface area contributed by atoms with Crippen molar-refractivity contribution in [1.29, 1.82) is 0 Å². The Hall–Kier alpha value is -4.62. The highest BCUT2D eigenvalue weighted by atomic mass is 16.4. The molecule has 0 spiro atoms. The van der Waals surface area contributed by atoms with E-state index in [9.17, 15) is 29.1 Å². The van der Waals surface area contributed by atoms with Gasteiger partial charge in [0.1, 0.15) is 6.04 Å². The van der Waals surface area contributed by atoms with Gasteiger partial charge in [0.25, 0.3) is 11.5 Å². The number of anilines is 4. The summed E-state index contributed by atoms with van der Waals surface area (Å²) in [5.41, 5.74) is 5.80. The van der Waals surface area contributed by atoms with Gasteiger partial charge in [0.2, 0.25) is 12.4 Å². The normalized spacial score (nSPS) is 15.4. The molecule has 2 aromatic rings. The number of aromatic amines is 1. The van der Waals surface area contributed by atoms with Gasteiger partial charge in [0.05, 0.1) is 6.04 Å². The molecule has 180 valence electrons. The minimum absolute atomic E-state index is 0.0564. The summed E-state index contributed by atoms with van der Waals surface area (Å²) in [5, 5.41) is 28.0. The maximum atomic E-state index is 12.3. The zero-order valence-electron chi connectivity index (χ0n) is 17.7. The fourth-order valence-corrected chi connectivity index (χ4v) is 3.39. The minimum atomic E-state index is -1.41. The van der Waals surface area contributed by atoms with Crippen LogP contribution in [-0.4, -0.2) is 64.5 Å². The van der Waals surface area contributed by atoms with E-state index >= 15 is 0 Å². The molecule has 0 fully saturated rings. The lowest BCUT2D eigenvalue weighted by molar-refractivity contribution is -0.305. The summed E-state index contributed by atoms with van der Waals surface area (Å²) >= 11 is 0. The first-order chi connectivity index (χ1) is 16.2. The second kappa shape index (κ2) is 10.3. The van der Waals surface area contributed by atoms with Crippen molar-refractivity contribution in [3.63, 3.8) is 0 Å². The smallest absolute Gasteiger partial charge is 0.326 e. The van der Waals surface area contributed by atoms with Crippen LogP contribution >= 0.6 is 0 Å². The number of carbonyl (C=O) groups excluding carboxylic acids is 3. The van der Waals surface area contributed by atoms with Crippen molar-refractivity contribution in [1.82, 2.24) is 15.3 Å². The lowest BCUT2D eigenvalue weighted by atomic mass is 10.1. The lowest BCUT2D eigenvalue weighted by Gasteiger charge is -2.34. The van der Waals surface area contributed by atoms with Crippen LogP contribution < -0.4 is 37.2 Å². The second-order valence-corrected chi connectivity index (χ2v) is 7.43. The number of carbonyl (C=O) groups is 4. The van der Waals surface area contributed by atoms with Crippen molar-refractivity contribution < 1.29 is 29.4 Å². The van der Waals surface area contributed by atoms with Gasteiger partial charge in [-0.25, -0.2) is 4.79 Å². The van der Waals surface area contributed by atoms with E-state index in [1.54, 1.807) is 12.1 Å². The summed E-state index contributed by atoms with van der Waals surface area (Å²) in [6, 6.07) is 4.27. The number of fused-ring (bicyclic) bond motifs is 1. The lowest BCUT2D eigenvalue weighted by Crippen LogP contribution is -2.50. The van der Waals surface area contributed by atoms with E-state index in [2.05, 4.69) is 25.9 Å². The first kappa shape index (κ1) is 24.0. The number of carboxylic acid groups (broad SMARTS) is 2. The molecule has 14 nitrogen and oxygen atoms in total. The third-order valence-corrected chi connectivity index (χ3v) is 5.11. The van der Waals surface area contributed by atoms with E-state index in [-0.39, 0.29) is 36.0 Å². The molecule has 3 rings (SSSR count). The fourth-order valence-electron chi connectivity index (χ4n) is 3.39. The number of nitrogens with two attached hydrogens (primary N) is 1. The Bertz CT molecular complexity index is 1150. The number of nitrogens with one attached hydrogen (secondary N) is 4. The summed E-state index contributed by atoms with van der Waals surface area (Å²) in [7, 11) is 0. The van der Waals surface area contributed by atoms with Gasteiger partial charge in [-0.3, -0.25) is 19.4 Å². The zero-order chi connectivity index (χ0) is 24.8. The topological polar surface area (TPSA) is 223 Å². The summed E-state index contributed by atoms with van der Waals surface area (Å²) in [5.74, 6) is -3.31. The average molecular weight is 472 g/mol. The van der Waals surface area contributed by atoms with Crippen LogP contribution in [-0.2, 0) is 14.4 Å². The van der Waals surface area contributed by atoms with Crippen LogP contribution in [0.3, 0.4) is 0 Å². The van der Waals surface area contributed by atoms with Crippen LogP contribution in [0.1, 0.15) is 23.2 Å². The Kier molecular flexibility index (Phi) is 7.30. The van der Waals surface area contributed by atoms with Crippen molar-refractivity contribution in [3.05, 3.63) is 40.2 Å². The molecule has 2 atom stereocenters.